The van der Waals surface area contributed by atoms with Crippen LogP contribution < -0.4 is 26.6 Å². The van der Waals surface area contributed by atoms with Crippen LogP contribution in [0.15, 0.2) is 12.7 Å². The molecule has 49 heavy (non-hydrogen) atoms. The van der Waals surface area contributed by atoms with Crippen LogP contribution in [0, 0.1) is 28.6 Å². The Labute approximate surface area is 287 Å². The molecule has 1 saturated carbocycles. The third-order valence-electron chi connectivity index (χ3n) is 9.83. The van der Waals surface area contributed by atoms with Crippen molar-refractivity contribution in [3.63, 3.8) is 0 Å². The molecule has 0 radical (unpaired) electrons. The Bertz CT molecular complexity index is 1290. The molecule has 2 unspecified atom stereocenters. The Kier molecular flexibility index (Phi) is 13.1. The summed E-state index contributed by atoms with van der Waals surface area (Å²) in [7, 11) is 0. The standard InChI is InChI=1S/C34H55F3N6O6/c1-12-16-38-27(46)24(44)21(14-15-34(35,36)37)40-26(45)23-22-20(32(22,10)11)17-43(23)28(47)25(31(7,8)9)41-30(49)42-33(13-2,18(3)4)29(48)39-19(5)6/h12,18-23,25H,1,13-17H2,2-11H3,(H,38,46)(H,39,48)(H,40,45)(H2,41,42,49)/t20-,21?,22-,23-,25+,33?/m0/s1. The maximum absolute atomic E-state index is 14.3. The molecule has 5 N–H and O–H groups in total. The lowest BCUT2D eigenvalue weighted by Gasteiger charge is -2.40. The van der Waals surface area contributed by atoms with Crippen molar-refractivity contribution in [3.05, 3.63) is 12.7 Å². The van der Waals surface area contributed by atoms with Crippen molar-refractivity contribution in [3.8, 4) is 0 Å². The van der Waals surface area contributed by atoms with Crippen LogP contribution in [-0.4, -0.2) is 89.3 Å². The first kappa shape index (κ1) is 41.5. The van der Waals surface area contributed by atoms with E-state index in [0.29, 0.717) is 0 Å². The molecule has 6 atom stereocenters. The number of carbonyl (C=O) groups is 6. The van der Waals surface area contributed by atoms with Crippen LogP contribution in [0.25, 0.3) is 0 Å². The Morgan fingerprint density at radius 2 is 1.57 bits per heavy atom. The highest BCUT2D eigenvalue weighted by atomic mass is 19.4. The molecule has 2 rings (SSSR count). The molecule has 1 aliphatic heterocycles. The predicted octanol–water partition coefficient (Wildman–Crippen LogP) is 3.21. The molecule has 0 aromatic heterocycles. The highest BCUT2D eigenvalue weighted by Gasteiger charge is 2.70. The fourth-order valence-electron chi connectivity index (χ4n) is 6.75. The number of alkyl halides is 3. The summed E-state index contributed by atoms with van der Waals surface area (Å²) in [6.45, 7) is 21.4. The molecule has 0 aromatic carbocycles. The van der Waals surface area contributed by atoms with Gasteiger partial charge in [-0.05, 0) is 55.3 Å². The summed E-state index contributed by atoms with van der Waals surface area (Å²) in [6, 6.07) is -5.12. The number of hydrogen-bond donors (Lipinski definition) is 5. The topological polar surface area (TPSA) is 166 Å². The van der Waals surface area contributed by atoms with Gasteiger partial charge in [0, 0.05) is 25.6 Å². The molecule has 1 saturated heterocycles. The van der Waals surface area contributed by atoms with Crippen molar-refractivity contribution in [1.82, 2.24) is 31.5 Å². The number of hydrogen-bond acceptors (Lipinski definition) is 6. The summed E-state index contributed by atoms with van der Waals surface area (Å²) in [5, 5.41) is 13.0. The second-order valence-corrected chi connectivity index (χ2v) is 15.5. The minimum absolute atomic E-state index is 0.110. The Hall–Kier alpha value is -3.65. The van der Waals surface area contributed by atoms with E-state index in [1.807, 2.05) is 13.8 Å². The third-order valence-corrected chi connectivity index (χ3v) is 9.83. The van der Waals surface area contributed by atoms with Crippen molar-refractivity contribution >= 4 is 35.4 Å². The number of rotatable bonds is 15. The molecule has 1 heterocycles. The average molecular weight is 701 g/mol. The van der Waals surface area contributed by atoms with Gasteiger partial charge in [0.15, 0.2) is 0 Å². The zero-order valence-corrected chi connectivity index (χ0v) is 30.4. The van der Waals surface area contributed by atoms with Gasteiger partial charge in [0.1, 0.15) is 17.6 Å². The van der Waals surface area contributed by atoms with Crippen molar-refractivity contribution in [1.29, 1.82) is 0 Å². The number of Topliss-reactive ketones (excluding diaryl/α,β-unsaturated/α-hetero) is 1. The minimum atomic E-state index is -4.66. The van der Waals surface area contributed by atoms with E-state index in [1.165, 1.54) is 11.0 Å². The van der Waals surface area contributed by atoms with Crippen LogP contribution in [0.4, 0.5) is 18.0 Å². The molecule has 278 valence electrons. The first-order valence-electron chi connectivity index (χ1n) is 16.9. The molecule has 2 fully saturated rings. The number of nitrogens with one attached hydrogen (secondary N) is 5. The van der Waals surface area contributed by atoms with E-state index >= 15 is 0 Å². The van der Waals surface area contributed by atoms with Crippen LogP contribution in [-0.2, 0) is 24.0 Å². The molecule has 12 nitrogen and oxygen atoms in total. The van der Waals surface area contributed by atoms with E-state index in [-0.39, 0.29) is 49.2 Å². The van der Waals surface area contributed by atoms with Gasteiger partial charge >= 0.3 is 12.2 Å². The van der Waals surface area contributed by atoms with Crippen molar-refractivity contribution in [2.75, 3.05) is 13.1 Å². The van der Waals surface area contributed by atoms with Gasteiger partial charge in [-0.2, -0.15) is 13.2 Å². The summed E-state index contributed by atoms with van der Waals surface area (Å²) < 4.78 is 39.5. The SMILES string of the molecule is C=CCNC(=O)C(=O)C(CCC(F)(F)F)NC(=O)[C@@H]1[C@@H]2[C@H](CN1C(=O)[C@@H](NC(=O)NC(CC)(C(=O)NC(C)C)C(C)C)C(C)(C)C)C2(C)C. The van der Waals surface area contributed by atoms with E-state index < -0.39 is 83.0 Å². The monoisotopic (exact) mass is 700 g/mol. The average Bonchev–Trinajstić information content (AvgIpc) is 3.28. The summed E-state index contributed by atoms with van der Waals surface area (Å²) in [5.41, 5.74) is -2.58. The second-order valence-electron chi connectivity index (χ2n) is 15.5. The first-order valence-corrected chi connectivity index (χ1v) is 16.9. The number of piperidine rings is 1. The Balaban J connectivity index is 2.41. The molecule has 2 aliphatic rings. The summed E-state index contributed by atoms with van der Waals surface area (Å²) >= 11 is 0. The molecule has 0 spiro atoms. The number of halogens is 3. The smallest absolute Gasteiger partial charge is 0.352 e. The minimum Gasteiger partial charge on any atom is -0.352 e. The van der Waals surface area contributed by atoms with Gasteiger partial charge in [-0.1, -0.05) is 61.5 Å². The van der Waals surface area contributed by atoms with Gasteiger partial charge in [0.2, 0.25) is 23.5 Å². The van der Waals surface area contributed by atoms with Gasteiger partial charge in [-0.3, -0.25) is 24.0 Å². The number of likely N-dealkylation sites (tertiary alicyclic amines) is 1. The van der Waals surface area contributed by atoms with E-state index in [9.17, 15) is 41.9 Å². The van der Waals surface area contributed by atoms with Gasteiger partial charge < -0.3 is 31.5 Å². The highest BCUT2D eigenvalue weighted by molar-refractivity contribution is 6.38. The van der Waals surface area contributed by atoms with Crippen LogP contribution in [0.2, 0.25) is 0 Å². The molecule has 0 aromatic rings. The van der Waals surface area contributed by atoms with Crippen molar-refractivity contribution in [2.24, 2.45) is 28.6 Å². The number of fused-ring (bicyclic) bond motifs is 1. The van der Waals surface area contributed by atoms with Crippen molar-refractivity contribution < 1.29 is 41.9 Å². The number of ketones is 1. The van der Waals surface area contributed by atoms with Crippen LogP contribution in [0.3, 0.4) is 0 Å². The Morgan fingerprint density at radius 3 is 2.04 bits per heavy atom. The molecule has 1 aliphatic carbocycles. The fraction of sp³-hybridized carbons (Fsp3) is 0.765. The summed E-state index contributed by atoms with van der Waals surface area (Å²) in [4.78, 5) is 81.7. The Morgan fingerprint density at radius 1 is 0.980 bits per heavy atom. The van der Waals surface area contributed by atoms with E-state index in [0.717, 1.165) is 0 Å². The van der Waals surface area contributed by atoms with Crippen LogP contribution in [0.5, 0.6) is 0 Å². The highest BCUT2D eigenvalue weighted by Crippen LogP contribution is 2.65. The molecule has 0 bridgehead atoms. The van der Waals surface area contributed by atoms with Crippen LogP contribution in [0.1, 0.15) is 88.5 Å². The molecule has 6 amide bonds. The largest absolute Gasteiger partial charge is 0.389 e. The number of nitrogens with zero attached hydrogens (tertiary/aromatic N) is 1. The quantitative estimate of drug-likeness (QED) is 0.130. The molecular weight excluding hydrogens is 645 g/mol. The zero-order valence-electron chi connectivity index (χ0n) is 30.4. The molecular formula is C34H55F3N6O6. The fourth-order valence-corrected chi connectivity index (χ4v) is 6.75. The van der Waals surface area contributed by atoms with Gasteiger partial charge in [-0.25, -0.2) is 4.79 Å². The number of carbonyl (C=O) groups excluding carboxylic acids is 6. The summed E-state index contributed by atoms with van der Waals surface area (Å²) in [6.07, 6.45) is -5.42. The maximum Gasteiger partial charge on any atom is 0.389 e. The number of urea groups is 1. The third kappa shape index (κ3) is 9.74. The van der Waals surface area contributed by atoms with E-state index in [4.69, 9.17) is 0 Å². The normalized spacial score (nSPS) is 22.3. The number of amides is 6. The lowest BCUT2D eigenvalue weighted by atomic mass is 9.82. The van der Waals surface area contributed by atoms with Gasteiger partial charge in [0.25, 0.3) is 5.91 Å². The maximum atomic E-state index is 14.3. The van der Waals surface area contributed by atoms with E-state index in [1.54, 1.807) is 55.4 Å². The predicted molar refractivity (Wildman–Crippen MR) is 178 cm³/mol. The van der Waals surface area contributed by atoms with Gasteiger partial charge in [0.05, 0.1) is 6.04 Å². The second kappa shape index (κ2) is 15.5. The lowest BCUT2D eigenvalue weighted by Crippen LogP contribution is -2.67. The first-order chi connectivity index (χ1) is 22.3. The van der Waals surface area contributed by atoms with Crippen molar-refractivity contribution in [2.45, 2.75) is 124 Å². The van der Waals surface area contributed by atoms with Crippen LogP contribution >= 0.6 is 0 Å². The zero-order chi connectivity index (χ0) is 37.9. The molecule has 15 heteroatoms. The summed E-state index contributed by atoms with van der Waals surface area (Å²) in [5.74, 6) is -5.10. The lowest BCUT2D eigenvalue weighted by molar-refractivity contribution is -0.148. The van der Waals surface area contributed by atoms with E-state index in [2.05, 4.69) is 33.2 Å². The van der Waals surface area contributed by atoms with Gasteiger partial charge in [-0.15, -0.1) is 6.58 Å².